The lowest BCUT2D eigenvalue weighted by molar-refractivity contribution is 0.240. The van der Waals surface area contributed by atoms with Gasteiger partial charge in [0.2, 0.25) is 0 Å². The van der Waals surface area contributed by atoms with Crippen molar-refractivity contribution in [3.05, 3.63) is 24.3 Å². The van der Waals surface area contributed by atoms with Crippen molar-refractivity contribution < 1.29 is 0 Å². The summed E-state index contributed by atoms with van der Waals surface area (Å²) in [6, 6.07) is 8.30. The van der Waals surface area contributed by atoms with Crippen LogP contribution in [0.5, 0.6) is 0 Å². The average molecular weight is 309 g/mol. The highest BCUT2D eigenvalue weighted by Crippen LogP contribution is 2.34. The number of rotatable bonds is 6. The van der Waals surface area contributed by atoms with Crippen LogP contribution in [0.25, 0.3) is 10.2 Å². The lowest BCUT2D eigenvalue weighted by atomic mass is 9.79. The topological polar surface area (TPSA) is 24.9 Å². The summed E-state index contributed by atoms with van der Waals surface area (Å²) >= 11 is 3.41. The summed E-state index contributed by atoms with van der Waals surface area (Å²) in [4.78, 5) is 4.65. The van der Waals surface area contributed by atoms with E-state index in [0.717, 1.165) is 16.3 Å². The molecule has 1 aromatic carbocycles. The van der Waals surface area contributed by atoms with Crippen LogP contribution in [-0.4, -0.2) is 10.5 Å². The van der Waals surface area contributed by atoms with Crippen LogP contribution >= 0.6 is 23.3 Å². The van der Waals surface area contributed by atoms with Crippen molar-refractivity contribution in [3.8, 4) is 0 Å². The molecule has 2 aromatic rings. The molecule has 110 valence electrons. The Morgan fingerprint density at radius 3 is 2.55 bits per heavy atom. The molecule has 0 bridgehead atoms. The van der Waals surface area contributed by atoms with Crippen LogP contribution in [0, 0.1) is 5.41 Å². The zero-order chi connectivity index (χ0) is 14.8. The zero-order valence-electron chi connectivity index (χ0n) is 13.0. The Bertz CT molecular complexity index is 540. The van der Waals surface area contributed by atoms with Gasteiger partial charge in [0.15, 0.2) is 4.34 Å². The minimum absolute atomic E-state index is 0.0992. The standard InChI is InChI=1S/C16H24N2S2/c1-6-15(2,3)11-16(4,5)18-20-14-17-12-9-7-8-10-13(12)19-14/h7-10,18H,6,11H2,1-5H3. The summed E-state index contributed by atoms with van der Waals surface area (Å²) in [5.74, 6) is 0. The first kappa shape index (κ1) is 15.8. The van der Waals surface area contributed by atoms with E-state index in [1.54, 1.807) is 23.3 Å². The van der Waals surface area contributed by atoms with E-state index in [1.807, 2.05) is 6.07 Å². The quantitative estimate of drug-likeness (QED) is 0.713. The summed E-state index contributed by atoms with van der Waals surface area (Å²) in [7, 11) is 0. The molecule has 0 aliphatic heterocycles. The molecular weight excluding hydrogens is 284 g/mol. The Morgan fingerprint density at radius 2 is 1.90 bits per heavy atom. The van der Waals surface area contributed by atoms with Crippen molar-refractivity contribution in [2.45, 2.75) is 57.3 Å². The van der Waals surface area contributed by atoms with Crippen molar-refractivity contribution in [2.24, 2.45) is 5.41 Å². The molecule has 4 heteroatoms. The predicted octanol–water partition coefficient (Wildman–Crippen LogP) is 5.50. The third-order valence-electron chi connectivity index (χ3n) is 3.57. The fraction of sp³-hybridized carbons (Fsp3) is 0.562. The molecule has 0 fully saturated rings. The molecule has 0 amide bonds. The molecule has 1 heterocycles. The molecule has 20 heavy (non-hydrogen) atoms. The highest BCUT2D eigenvalue weighted by atomic mass is 32.2. The van der Waals surface area contributed by atoms with Gasteiger partial charge in [0, 0.05) is 5.54 Å². The number of nitrogens with zero attached hydrogens (tertiary/aromatic N) is 1. The monoisotopic (exact) mass is 308 g/mol. The lowest BCUT2D eigenvalue weighted by Crippen LogP contribution is -2.38. The first-order chi connectivity index (χ1) is 9.31. The van der Waals surface area contributed by atoms with Crippen LogP contribution < -0.4 is 4.72 Å². The maximum Gasteiger partial charge on any atom is 0.166 e. The van der Waals surface area contributed by atoms with E-state index >= 15 is 0 Å². The number of hydrogen-bond donors (Lipinski definition) is 1. The molecular formula is C16H24N2S2. The molecule has 1 N–H and O–H groups in total. The van der Waals surface area contributed by atoms with Gasteiger partial charge in [-0.1, -0.05) is 39.3 Å². The summed E-state index contributed by atoms with van der Waals surface area (Å²) < 4.78 is 5.94. The number of thiazole rings is 1. The number of hydrogen-bond acceptors (Lipinski definition) is 4. The Kier molecular flexibility index (Phi) is 4.77. The number of fused-ring (bicyclic) bond motifs is 1. The van der Waals surface area contributed by atoms with E-state index in [2.05, 4.69) is 62.5 Å². The lowest BCUT2D eigenvalue weighted by Gasteiger charge is -2.34. The van der Waals surface area contributed by atoms with E-state index in [9.17, 15) is 0 Å². The second-order valence-electron chi connectivity index (χ2n) is 6.73. The molecule has 0 saturated heterocycles. The molecule has 1 aromatic heterocycles. The molecule has 0 radical (unpaired) electrons. The molecule has 0 saturated carbocycles. The molecule has 0 atom stereocenters. The zero-order valence-corrected chi connectivity index (χ0v) is 14.6. The van der Waals surface area contributed by atoms with Gasteiger partial charge in [-0.15, -0.1) is 11.3 Å². The largest absolute Gasteiger partial charge is 0.252 e. The van der Waals surface area contributed by atoms with E-state index in [4.69, 9.17) is 0 Å². The smallest absolute Gasteiger partial charge is 0.166 e. The van der Waals surface area contributed by atoms with Gasteiger partial charge in [0.1, 0.15) is 0 Å². The molecule has 0 aliphatic carbocycles. The van der Waals surface area contributed by atoms with Crippen LogP contribution in [0.4, 0.5) is 0 Å². The summed E-state index contributed by atoms with van der Waals surface area (Å²) in [6.45, 7) is 11.5. The van der Waals surface area contributed by atoms with Crippen molar-refractivity contribution in [1.29, 1.82) is 0 Å². The first-order valence-corrected chi connectivity index (χ1v) is 8.74. The molecule has 2 nitrogen and oxygen atoms in total. The number of benzene rings is 1. The Morgan fingerprint density at radius 1 is 1.20 bits per heavy atom. The fourth-order valence-electron chi connectivity index (χ4n) is 2.43. The van der Waals surface area contributed by atoms with E-state index < -0.39 is 0 Å². The maximum atomic E-state index is 4.65. The number of nitrogens with one attached hydrogen (secondary N) is 1. The van der Waals surface area contributed by atoms with Crippen molar-refractivity contribution in [2.75, 3.05) is 0 Å². The van der Waals surface area contributed by atoms with Gasteiger partial charge in [-0.25, -0.2) is 4.98 Å². The Hall–Kier alpha value is -0.580. The first-order valence-electron chi connectivity index (χ1n) is 7.11. The van der Waals surface area contributed by atoms with Crippen molar-refractivity contribution in [1.82, 2.24) is 9.71 Å². The third-order valence-corrected chi connectivity index (χ3v) is 5.82. The Labute approximate surface area is 130 Å². The van der Waals surface area contributed by atoms with Gasteiger partial charge < -0.3 is 0 Å². The number of aromatic nitrogens is 1. The summed E-state index contributed by atoms with van der Waals surface area (Å²) in [5.41, 5.74) is 1.56. The van der Waals surface area contributed by atoms with Crippen LogP contribution in [0.1, 0.15) is 47.5 Å². The highest BCUT2D eigenvalue weighted by Gasteiger charge is 2.27. The number of para-hydroxylation sites is 1. The molecule has 0 spiro atoms. The van der Waals surface area contributed by atoms with Crippen LogP contribution in [-0.2, 0) is 0 Å². The normalized spacial score (nSPS) is 13.1. The van der Waals surface area contributed by atoms with E-state index in [0.29, 0.717) is 5.41 Å². The predicted molar refractivity (Wildman–Crippen MR) is 91.4 cm³/mol. The van der Waals surface area contributed by atoms with Crippen LogP contribution in [0.2, 0.25) is 0 Å². The maximum absolute atomic E-state index is 4.65. The van der Waals surface area contributed by atoms with Crippen LogP contribution in [0.3, 0.4) is 0 Å². The average Bonchev–Trinajstić information content (AvgIpc) is 2.78. The van der Waals surface area contributed by atoms with Gasteiger partial charge in [0.25, 0.3) is 0 Å². The third kappa shape index (κ3) is 4.21. The van der Waals surface area contributed by atoms with E-state index in [1.165, 1.54) is 11.1 Å². The minimum Gasteiger partial charge on any atom is -0.252 e. The second kappa shape index (κ2) is 6.04. The highest BCUT2D eigenvalue weighted by molar-refractivity contribution is 7.99. The van der Waals surface area contributed by atoms with Gasteiger partial charge in [-0.05, 0) is 49.8 Å². The van der Waals surface area contributed by atoms with Crippen molar-refractivity contribution >= 4 is 33.5 Å². The molecule has 0 unspecified atom stereocenters. The van der Waals surface area contributed by atoms with Gasteiger partial charge >= 0.3 is 0 Å². The van der Waals surface area contributed by atoms with Crippen molar-refractivity contribution in [3.63, 3.8) is 0 Å². The molecule has 0 aliphatic rings. The minimum atomic E-state index is 0.0992. The molecule has 2 rings (SSSR count). The summed E-state index contributed by atoms with van der Waals surface area (Å²) in [5, 5.41) is 0. The second-order valence-corrected chi connectivity index (χ2v) is 8.81. The van der Waals surface area contributed by atoms with Gasteiger partial charge in [-0.2, -0.15) is 0 Å². The Balaban J connectivity index is 2.00. The van der Waals surface area contributed by atoms with E-state index in [-0.39, 0.29) is 5.54 Å². The SMILES string of the molecule is CCC(C)(C)CC(C)(C)NSc1nc2ccccc2s1. The van der Waals surface area contributed by atoms with Gasteiger partial charge in [0.05, 0.1) is 10.2 Å². The summed E-state index contributed by atoms with van der Waals surface area (Å²) in [6.07, 6.45) is 2.35. The fourth-order valence-corrected chi connectivity index (χ4v) is 4.27. The van der Waals surface area contributed by atoms with Crippen LogP contribution in [0.15, 0.2) is 28.6 Å². The van der Waals surface area contributed by atoms with Gasteiger partial charge in [-0.3, -0.25) is 4.72 Å².